The maximum absolute atomic E-state index is 3.69. The minimum absolute atomic E-state index is 0.567. The van der Waals surface area contributed by atoms with Gasteiger partial charge in [0.25, 0.3) is 0 Å². The normalized spacial score (nSPS) is 19.2. The lowest BCUT2D eigenvalue weighted by molar-refractivity contribution is 0.274. The van der Waals surface area contributed by atoms with Crippen molar-refractivity contribution in [2.45, 2.75) is 45.1 Å². The van der Waals surface area contributed by atoms with E-state index in [9.17, 15) is 0 Å². The molecule has 0 radical (unpaired) electrons. The summed E-state index contributed by atoms with van der Waals surface area (Å²) < 4.78 is 1.32. The maximum atomic E-state index is 3.69. The molecule has 1 N–H and O–H groups in total. The number of benzene rings is 1. The van der Waals surface area contributed by atoms with Crippen molar-refractivity contribution in [3.05, 3.63) is 33.4 Å². The molecule has 0 saturated heterocycles. The molecule has 94 valence electrons. The molecule has 1 aliphatic rings. The second kappa shape index (κ2) is 6.74. The average molecular weight is 343 g/mol. The summed E-state index contributed by atoms with van der Waals surface area (Å²) in [6, 6.07) is 9.61. The van der Waals surface area contributed by atoms with Crippen LogP contribution in [0, 0.1) is 9.49 Å². The Hall–Kier alpha value is -0.0900. The Bertz CT molecular complexity index is 327. The second-order valence-electron chi connectivity index (χ2n) is 4.98. The molecule has 1 fully saturated rings. The fourth-order valence-electron chi connectivity index (χ4n) is 2.91. The van der Waals surface area contributed by atoms with E-state index in [1.54, 1.807) is 0 Å². The molecule has 0 aromatic heterocycles. The van der Waals surface area contributed by atoms with Gasteiger partial charge in [-0.25, -0.2) is 0 Å². The minimum atomic E-state index is 0.567. The van der Waals surface area contributed by atoms with Crippen LogP contribution in [0.4, 0.5) is 0 Å². The molecule has 0 heterocycles. The summed E-state index contributed by atoms with van der Waals surface area (Å²) in [4.78, 5) is 0. The Morgan fingerprint density at radius 1 is 1.18 bits per heavy atom. The molecule has 2 rings (SSSR count). The van der Waals surface area contributed by atoms with E-state index in [-0.39, 0.29) is 0 Å². The Labute approximate surface area is 119 Å². The summed E-state index contributed by atoms with van der Waals surface area (Å²) in [5, 5.41) is 3.69. The largest absolute Gasteiger partial charge is 0.310 e. The molecule has 0 spiro atoms. The fourth-order valence-corrected chi connectivity index (χ4v) is 3.27. The van der Waals surface area contributed by atoms with Crippen molar-refractivity contribution in [3.8, 4) is 0 Å². The lowest BCUT2D eigenvalue weighted by atomic mass is 9.81. The Morgan fingerprint density at radius 2 is 1.82 bits per heavy atom. The summed E-state index contributed by atoms with van der Waals surface area (Å²) in [7, 11) is 0. The molecule has 0 aliphatic heterocycles. The van der Waals surface area contributed by atoms with E-state index in [0.717, 1.165) is 12.5 Å². The first-order chi connectivity index (χ1) is 8.31. The molecule has 0 bridgehead atoms. The monoisotopic (exact) mass is 343 g/mol. The van der Waals surface area contributed by atoms with Crippen molar-refractivity contribution in [2.75, 3.05) is 6.54 Å². The van der Waals surface area contributed by atoms with E-state index < -0.39 is 0 Å². The highest BCUT2D eigenvalue weighted by Gasteiger charge is 2.23. The summed E-state index contributed by atoms with van der Waals surface area (Å²) in [5.74, 6) is 0.837. The zero-order valence-corrected chi connectivity index (χ0v) is 12.7. The molecular formula is C15H22IN. The third-order valence-corrected chi connectivity index (χ3v) is 4.49. The predicted molar refractivity (Wildman–Crippen MR) is 82.2 cm³/mol. The van der Waals surface area contributed by atoms with Crippen LogP contribution in [0.15, 0.2) is 24.3 Å². The Morgan fingerprint density at radius 3 is 2.41 bits per heavy atom. The van der Waals surface area contributed by atoms with Crippen molar-refractivity contribution in [1.29, 1.82) is 0 Å². The molecule has 0 amide bonds. The van der Waals surface area contributed by atoms with Gasteiger partial charge in [-0.05, 0) is 65.6 Å². The molecule has 1 nitrogen and oxygen atoms in total. The van der Waals surface area contributed by atoms with Crippen molar-refractivity contribution in [3.63, 3.8) is 0 Å². The smallest absolute Gasteiger partial charge is 0.0348 e. The number of hydrogen-bond acceptors (Lipinski definition) is 1. The van der Waals surface area contributed by atoms with E-state index in [4.69, 9.17) is 0 Å². The number of nitrogens with one attached hydrogen (secondary N) is 1. The first-order valence-corrected chi connectivity index (χ1v) is 7.88. The van der Waals surface area contributed by atoms with Crippen LogP contribution in [0.3, 0.4) is 0 Å². The van der Waals surface area contributed by atoms with Gasteiger partial charge in [0.2, 0.25) is 0 Å². The van der Waals surface area contributed by atoms with E-state index in [1.165, 1.54) is 41.2 Å². The third-order valence-electron chi connectivity index (χ3n) is 3.77. The van der Waals surface area contributed by atoms with Crippen molar-refractivity contribution in [1.82, 2.24) is 5.32 Å². The molecular weight excluding hydrogens is 321 g/mol. The Kier molecular flexibility index (Phi) is 5.29. The fraction of sp³-hybridized carbons (Fsp3) is 0.600. The lowest BCUT2D eigenvalue weighted by Gasteiger charge is -2.31. The predicted octanol–water partition coefficient (Wildman–Crippen LogP) is 4.52. The second-order valence-corrected chi connectivity index (χ2v) is 6.23. The zero-order chi connectivity index (χ0) is 12.1. The van der Waals surface area contributed by atoms with Gasteiger partial charge in [0.15, 0.2) is 0 Å². The molecule has 1 aromatic carbocycles. The van der Waals surface area contributed by atoms with Gasteiger partial charge in [0, 0.05) is 9.61 Å². The first kappa shape index (κ1) is 13.3. The highest BCUT2D eigenvalue weighted by Crippen LogP contribution is 2.34. The molecule has 17 heavy (non-hydrogen) atoms. The van der Waals surface area contributed by atoms with Crippen LogP contribution in [0.2, 0.25) is 0 Å². The highest BCUT2D eigenvalue weighted by atomic mass is 127. The van der Waals surface area contributed by atoms with E-state index in [1.807, 2.05) is 0 Å². The van der Waals surface area contributed by atoms with Crippen LogP contribution < -0.4 is 5.32 Å². The summed E-state index contributed by atoms with van der Waals surface area (Å²) in [6.45, 7) is 3.27. The highest BCUT2D eigenvalue weighted by molar-refractivity contribution is 14.1. The van der Waals surface area contributed by atoms with E-state index in [0.29, 0.717) is 6.04 Å². The van der Waals surface area contributed by atoms with Crippen LogP contribution in [0.5, 0.6) is 0 Å². The van der Waals surface area contributed by atoms with E-state index >= 15 is 0 Å². The van der Waals surface area contributed by atoms with Crippen LogP contribution in [-0.2, 0) is 0 Å². The minimum Gasteiger partial charge on any atom is -0.310 e. The van der Waals surface area contributed by atoms with Crippen molar-refractivity contribution in [2.24, 2.45) is 5.92 Å². The van der Waals surface area contributed by atoms with Crippen LogP contribution in [-0.4, -0.2) is 6.54 Å². The number of halogens is 1. The molecule has 2 heteroatoms. The van der Waals surface area contributed by atoms with Gasteiger partial charge in [-0.15, -0.1) is 0 Å². The molecule has 1 aliphatic carbocycles. The third kappa shape index (κ3) is 3.68. The van der Waals surface area contributed by atoms with Gasteiger partial charge >= 0.3 is 0 Å². The molecule has 1 unspecified atom stereocenters. The van der Waals surface area contributed by atoms with Crippen LogP contribution in [0.1, 0.15) is 50.6 Å². The molecule has 1 atom stereocenters. The van der Waals surface area contributed by atoms with Gasteiger partial charge in [0.1, 0.15) is 0 Å². The summed E-state index contributed by atoms with van der Waals surface area (Å²) >= 11 is 2.38. The quantitative estimate of drug-likeness (QED) is 0.793. The maximum Gasteiger partial charge on any atom is 0.0348 e. The van der Waals surface area contributed by atoms with Gasteiger partial charge in [-0.3, -0.25) is 0 Å². The molecule has 1 aromatic rings. The summed E-state index contributed by atoms with van der Waals surface area (Å²) in [6.07, 6.45) is 7.04. The Balaban J connectivity index is 2.12. The topological polar surface area (TPSA) is 12.0 Å². The van der Waals surface area contributed by atoms with Gasteiger partial charge in [-0.2, -0.15) is 0 Å². The lowest BCUT2D eigenvalue weighted by Crippen LogP contribution is -2.29. The van der Waals surface area contributed by atoms with Crippen LogP contribution >= 0.6 is 22.6 Å². The first-order valence-electron chi connectivity index (χ1n) is 6.80. The average Bonchev–Trinajstić information content (AvgIpc) is 2.38. The van der Waals surface area contributed by atoms with Gasteiger partial charge in [0.05, 0.1) is 0 Å². The number of hydrogen-bond donors (Lipinski definition) is 1. The summed E-state index contributed by atoms with van der Waals surface area (Å²) in [5.41, 5.74) is 1.47. The van der Waals surface area contributed by atoms with E-state index in [2.05, 4.69) is 59.1 Å². The van der Waals surface area contributed by atoms with Gasteiger partial charge < -0.3 is 5.32 Å². The van der Waals surface area contributed by atoms with Crippen molar-refractivity contribution >= 4 is 22.6 Å². The van der Waals surface area contributed by atoms with Crippen LogP contribution in [0.25, 0.3) is 0 Å². The zero-order valence-electron chi connectivity index (χ0n) is 10.6. The standard InChI is InChI=1S/C15H22IN/c1-2-17-15(12-6-4-3-5-7-12)13-8-10-14(16)11-9-13/h8-12,15,17H,2-7H2,1H3. The van der Waals surface area contributed by atoms with Gasteiger partial charge in [-0.1, -0.05) is 38.3 Å². The number of rotatable bonds is 4. The van der Waals surface area contributed by atoms with Crippen molar-refractivity contribution < 1.29 is 0 Å². The SMILES string of the molecule is CCNC(c1ccc(I)cc1)C1CCCCC1. The molecule has 1 saturated carbocycles.